The molecular weight excluding hydrogens is 262 g/mol. The molecule has 2 aliphatic rings. The minimum atomic E-state index is -0.0476. The largest absolute Gasteiger partial charge is 0.487 e. The summed E-state index contributed by atoms with van der Waals surface area (Å²) in [5.74, 6) is 1.06. The summed E-state index contributed by atoms with van der Waals surface area (Å²) in [6.07, 6.45) is 4.47. The molecule has 0 radical (unpaired) electrons. The summed E-state index contributed by atoms with van der Waals surface area (Å²) in [6, 6.07) is 6.96. The smallest absolute Gasteiger partial charge is 0.124 e. The number of ether oxygens (including phenoxy) is 2. The van der Waals surface area contributed by atoms with Crippen LogP contribution in [0.15, 0.2) is 18.2 Å². The number of benzene rings is 1. The monoisotopic (exact) mass is 289 g/mol. The third-order valence-electron chi connectivity index (χ3n) is 4.86. The fourth-order valence-corrected chi connectivity index (χ4v) is 3.75. The van der Waals surface area contributed by atoms with Crippen LogP contribution in [-0.2, 0) is 4.74 Å². The SMILES string of the molecule is CCNC1CC2(CCOC(CC)C2)Oc2ccc(C)cc21. The van der Waals surface area contributed by atoms with E-state index in [0.717, 1.165) is 44.6 Å². The van der Waals surface area contributed by atoms with Gasteiger partial charge in [0.1, 0.15) is 11.4 Å². The molecule has 0 bridgehead atoms. The molecule has 2 aliphatic heterocycles. The van der Waals surface area contributed by atoms with E-state index in [2.05, 4.69) is 44.3 Å². The van der Waals surface area contributed by atoms with E-state index >= 15 is 0 Å². The van der Waals surface area contributed by atoms with E-state index in [0.29, 0.717) is 12.1 Å². The van der Waals surface area contributed by atoms with Crippen LogP contribution >= 0.6 is 0 Å². The number of hydrogen-bond donors (Lipinski definition) is 1. The molecule has 1 saturated heterocycles. The van der Waals surface area contributed by atoms with Crippen LogP contribution in [0.2, 0.25) is 0 Å². The van der Waals surface area contributed by atoms with Crippen LogP contribution in [0.5, 0.6) is 5.75 Å². The van der Waals surface area contributed by atoms with Gasteiger partial charge in [-0.15, -0.1) is 0 Å². The van der Waals surface area contributed by atoms with E-state index in [1.54, 1.807) is 0 Å². The zero-order valence-electron chi connectivity index (χ0n) is 13.4. The molecule has 0 saturated carbocycles. The van der Waals surface area contributed by atoms with Gasteiger partial charge >= 0.3 is 0 Å². The van der Waals surface area contributed by atoms with Gasteiger partial charge in [-0.1, -0.05) is 31.5 Å². The molecule has 1 aromatic carbocycles. The van der Waals surface area contributed by atoms with Crippen molar-refractivity contribution in [2.45, 2.75) is 64.2 Å². The molecule has 2 heterocycles. The van der Waals surface area contributed by atoms with Gasteiger partial charge in [0.05, 0.1) is 12.7 Å². The fraction of sp³-hybridized carbons (Fsp3) is 0.667. The van der Waals surface area contributed by atoms with Gasteiger partial charge in [0, 0.05) is 30.9 Å². The molecule has 0 aliphatic carbocycles. The Balaban J connectivity index is 1.91. The normalized spacial score (nSPS) is 31.8. The maximum atomic E-state index is 6.50. The average Bonchev–Trinajstić information content (AvgIpc) is 2.48. The Bertz CT molecular complexity index is 502. The summed E-state index contributed by atoms with van der Waals surface area (Å²) < 4.78 is 12.4. The summed E-state index contributed by atoms with van der Waals surface area (Å²) in [6.45, 7) is 8.33. The van der Waals surface area contributed by atoms with Crippen molar-refractivity contribution in [3.8, 4) is 5.75 Å². The zero-order chi connectivity index (χ0) is 14.9. The second-order valence-electron chi connectivity index (χ2n) is 6.50. The number of aryl methyl sites for hydroxylation is 1. The second-order valence-corrected chi connectivity index (χ2v) is 6.50. The number of fused-ring (bicyclic) bond motifs is 1. The van der Waals surface area contributed by atoms with Crippen LogP contribution in [0.1, 0.15) is 56.7 Å². The van der Waals surface area contributed by atoms with Gasteiger partial charge in [0.15, 0.2) is 0 Å². The maximum Gasteiger partial charge on any atom is 0.124 e. The zero-order valence-corrected chi connectivity index (χ0v) is 13.4. The highest BCUT2D eigenvalue weighted by Gasteiger charge is 2.44. The van der Waals surface area contributed by atoms with Crippen molar-refractivity contribution < 1.29 is 9.47 Å². The molecule has 1 N–H and O–H groups in total. The predicted octanol–water partition coefficient (Wildman–Crippen LogP) is 3.76. The van der Waals surface area contributed by atoms with Crippen molar-refractivity contribution in [3.63, 3.8) is 0 Å². The minimum Gasteiger partial charge on any atom is -0.487 e. The lowest BCUT2D eigenvalue weighted by molar-refractivity contribution is -0.103. The Morgan fingerprint density at radius 1 is 1.29 bits per heavy atom. The van der Waals surface area contributed by atoms with Gasteiger partial charge in [0.2, 0.25) is 0 Å². The maximum absolute atomic E-state index is 6.50. The number of rotatable bonds is 3. The lowest BCUT2D eigenvalue weighted by Gasteiger charge is -2.46. The van der Waals surface area contributed by atoms with E-state index < -0.39 is 0 Å². The Labute approximate surface area is 128 Å². The van der Waals surface area contributed by atoms with Gasteiger partial charge in [-0.05, 0) is 26.0 Å². The van der Waals surface area contributed by atoms with Gasteiger partial charge in [-0.25, -0.2) is 0 Å². The summed E-state index contributed by atoms with van der Waals surface area (Å²) in [7, 11) is 0. The topological polar surface area (TPSA) is 30.5 Å². The van der Waals surface area contributed by atoms with Gasteiger partial charge < -0.3 is 14.8 Å². The lowest BCUT2D eigenvalue weighted by atomic mass is 9.79. The van der Waals surface area contributed by atoms with Crippen LogP contribution in [0.3, 0.4) is 0 Å². The standard InChI is InChI=1S/C18H27NO2/c1-4-14-11-18(8-9-20-14)12-16(19-5-2)15-10-13(3)6-7-17(15)21-18/h6-7,10,14,16,19H,4-5,8-9,11-12H2,1-3H3. The van der Waals surface area contributed by atoms with Gasteiger partial charge in [0.25, 0.3) is 0 Å². The predicted molar refractivity (Wildman–Crippen MR) is 84.8 cm³/mol. The Morgan fingerprint density at radius 2 is 2.14 bits per heavy atom. The molecule has 116 valence electrons. The van der Waals surface area contributed by atoms with E-state index in [4.69, 9.17) is 9.47 Å². The average molecular weight is 289 g/mol. The Hall–Kier alpha value is -1.06. The molecule has 1 fully saturated rings. The van der Waals surface area contributed by atoms with Crippen LogP contribution in [-0.4, -0.2) is 24.9 Å². The van der Waals surface area contributed by atoms with E-state index in [9.17, 15) is 0 Å². The molecule has 1 aromatic rings. The Kier molecular flexibility index (Phi) is 4.23. The first kappa shape index (κ1) is 14.9. The first-order valence-corrected chi connectivity index (χ1v) is 8.30. The highest BCUT2D eigenvalue weighted by molar-refractivity contribution is 5.41. The highest BCUT2D eigenvalue weighted by atomic mass is 16.5. The Morgan fingerprint density at radius 3 is 2.90 bits per heavy atom. The fourth-order valence-electron chi connectivity index (χ4n) is 3.75. The molecule has 3 nitrogen and oxygen atoms in total. The van der Waals surface area contributed by atoms with E-state index in [-0.39, 0.29) is 5.60 Å². The molecule has 3 unspecified atom stereocenters. The van der Waals surface area contributed by atoms with Gasteiger partial charge in [-0.2, -0.15) is 0 Å². The van der Waals surface area contributed by atoms with Crippen molar-refractivity contribution >= 4 is 0 Å². The van der Waals surface area contributed by atoms with Crippen molar-refractivity contribution in [2.75, 3.05) is 13.2 Å². The molecule has 3 atom stereocenters. The third kappa shape index (κ3) is 2.95. The molecule has 21 heavy (non-hydrogen) atoms. The molecular formula is C18H27NO2. The first-order chi connectivity index (χ1) is 10.2. The highest BCUT2D eigenvalue weighted by Crippen LogP contribution is 2.45. The van der Waals surface area contributed by atoms with Gasteiger partial charge in [-0.3, -0.25) is 0 Å². The van der Waals surface area contributed by atoms with Crippen molar-refractivity contribution in [2.24, 2.45) is 0 Å². The lowest BCUT2D eigenvalue weighted by Crippen LogP contribution is -2.50. The van der Waals surface area contributed by atoms with Crippen LogP contribution in [0, 0.1) is 6.92 Å². The summed E-state index contributed by atoms with van der Waals surface area (Å²) in [5, 5.41) is 3.65. The van der Waals surface area contributed by atoms with Crippen LogP contribution in [0.4, 0.5) is 0 Å². The summed E-state index contributed by atoms with van der Waals surface area (Å²) in [4.78, 5) is 0. The quantitative estimate of drug-likeness (QED) is 0.919. The number of nitrogens with one attached hydrogen (secondary N) is 1. The van der Waals surface area contributed by atoms with Crippen LogP contribution in [0.25, 0.3) is 0 Å². The molecule has 0 aromatic heterocycles. The summed E-state index contributed by atoms with van der Waals surface area (Å²) in [5.41, 5.74) is 2.57. The van der Waals surface area contributed by atoms with Crippen molar-refractivity contribution in [3.05, 3.63) is 29.3 Å². The molecule has 3 rings (SSSR count). The van der Waals surface area contributed by atoms with Crippen molar-refractivity contribution in [1.82, 2.24) is 5.32 Å². The van der Waals surface area contributed by atoms with Crippen molar-refractivity contribution in [1.29, 1.82) is 0 Å². The van der Waals surface area contributed by atoms with E-state index in [1.165, 1.54) is 11.1 Å². The number of hydrogen-bond acceptors (Lipinski definition) is 3. The van der Waals surface area contributed by atoms with Crippen LogP contribution < -0.4 is 10.1 Å². The minimum absolute atomic E-state index is 0.0476. The summed E-state index contributed by atoms with van der Waals surface area (Å²) >= 11 is 0. The molecule has 0 amide bonds. The molecule has 3 heteroatoms. The third-order valence-corrected chi connectivity index (χ3v) is 4.86. The first-order valence-electron chi connectivity index (χ1n) is 8.30. The molecule has 1 spiro atoms. The second kappa shape index (κ2) is 5.98. The van der Waals surface area contributed by atoms with E-state index in [1.807, 2.05) is 0 Å².